The highest BCUT2D eigenvalue weighted by Crippen LogP contribution is 2.32. The summed E-state index contributed by atoms with van der Waals surface area (Å²) in [6.07, 6.45) is 0. The van der Waals surface area contributed by atoms with Crippen molar-refractivity contribution in [1.29, 1.82) is 0 Å². The second-order valence-corrected chi connectivity index (χ2v) is 7.02. The summed E-state index contributed by atoms with van der Waals surface area (Å²) in [5, 5.41) is 1.19. The van der Waals surface area contributed by atoms with Gasteiger partial charge in [0.05, 0.1) is 5.02 Å². The van der Waals surface area contributed by atoms with Gasteiger partial charge in [-0.05, 0) is 23.8 Å². The van der Waals surface area contributed by atoms with E-state index in [9.17, 15) is 4.39 Å². The molecule has 0 bridgehead atoms. The van der Waals surface area contributed by atoms with E-state index in [1.807, 2.05) is 23.9 Å². The standard InChI is InChI=1S/C18H14ClFN2S/c19-14-10-17(21-18-13(14)5-3-6-15(18)20)22-8-9-23-16-7-2-1-4-12(16)11-22/h1-7,10H,8-9,11H2. The first kappa shape index (κ1) is 14.8. The molecule has 1 aromatic heterocycles. The Kier molecular flexibility index (Phi) is 3.87. The third kappa shape index (κ3) is 2.77. The fraction of sp³-hybridized carbons (Fsp3) is 0.167. The number of nitrogens with zero attached hydrogens (tertiary/aromatic N) is 2. The Morgan fingerprint density at radius 3 is 2.91 bits per heavy atom. The Morgan fingerprint density at radius 2 is 2.00 bits per heavy atom. The van der Waals surface area contributed by atoms with Gasteiger partial charge >= 0.3 is 0 Å². The Hall–Kier alpha value is -1.78. The van der Waals surface area contributed by atoms with Crippen molar-refractivity contribution in [1.82, 2.24) is 4.98 Å². The predicted molar refractivity (Wildman–Crippen MR) is 94.9 cm³/mol. The maximum Gasteiger partial charge on any atom is 0.149 e. The number of fused-ring (bicyclic) bond motifs is 2. The zero-order chi connectivity index (χ0) is 15.8. The number of aromatic nitrogens is 1. The van der Waals surface area contributed by atoms with Crippen LogP contribution in [0.5, 0.6) is 0 Å². The summed E-state index contributed by atoms with van der Waals surface area (Å²) in [5.41, 5.74) is 1.60. The van der Waals surface area contributed by atoms with Gasteiger partial charge in [0.25, 0.3) is 0 Å². The second-order valence-electron chi connectivity index (χ2n) is 5.48. The van der Waals surface area contributed by atoms with Gasteiger partial charge in [0, 0.05) is 29.1 Å². The largest absolute Gasteiger partial charge is 0.351 e. The van der Waals surface area contributed by atoms with Crippen molar-refractivity contribution in [2.45, 2.75) is 11.4 Å². The van der Waals surface area contributed by atoms with Crippen molar-refractivity contribution in [3.63, 3.8) is 0 Å². The van der Waals surface area contributed by atoms with E-state index in [1.54, 1.807) is 12.1 Å². The molecular formula is C18H14ClFN2S. The molecule has 0 fully saturated rings. The van der Waals surface area contributed by atoms with Crippen LogP contribution in [-0.2, 0) is 6.54 Å². The lowest BCUT2D eigenvalue weighted by molar-refractivity contribution is 0.636. The molecule has 0 radical (unpaired) electrons. The van der Waals surface area contributed by atoms with Crippen LogP contribution < -0.4 is 4.90 Å². The van der Waals surface area contributed by atoms with E-state index in [0.717, 1.165) is 24.7 Å². The molecule has 116 valence electrons. The summed E-state index contributed by atoms with van der Waals surface area (Å²) in [6.45, 7) is 1.61. The number of para-hydroxylation sites is 1. The molecule has 2 aromatic carbocycles. The summed E-state index contributed by atoms with van der Waals surface area (Å²) in [7, 11) is 0. The third-order valence-electron chi connectivity index (χ3n) is 4.00. The summed E-state index contributed by atoms with van der Waals surface area (Å²) >= 11 is 8.20. The second kappa shape index (κ2) is 6.02. The molecule has 0 amide bonds. The van der Waals surface area contributed by atoms with E-state index in [4.69, 9.17) is 11.6 Å². The number of hydrogen-bond acceptors (Lipinski definition) is 3. The van der Waals surface area contributed by atoms with Crippen molar-refractivity contribution in [3.8, 4) is 0 Å². The number of benzene rings is 2. The van der Waals surface area contributed by atoms with Gasteiger partial charge in [-0.1, -0.05) is 41.9 Å². The monoisotopic (exact) mass is 344 g/mol. The van der Waals surface area contributed by atoms with Crippen molar-refractivity contribution in [2.24, 2.45) is 0 Å². The van der Waals surface area contributed by atoms with E-state index < -0.39 is 0 Å². The summed E-state index contributed by atoms with van der Waals surface area (Å²) < 4.78 is 14.1. The molecule has 0 saturated carbocycles. The molecule has 4 rings (SSSR count). The van der Waals surface area contributed by atoms with Crippen LogP contribution >= 0.6 is 23.4 Å². The molecule has 0 atom stereocenters. The fourth-order valence-electron chi connectivity index (χ4n) is 2.84. The Labute approximate surface area is 143 Å². The molecule has 0 saturated heterocycles. The number of thioether (sulfide) groups is 1. The maximum absolute atomic E-state index is 14.1. The van der Waals surface area contributed by atoms with Crippen LogP contribution in [0.25, 0.3) is 10.9 Å². The van der Waals surface area contributed by atoms with Gasteiger partial charge in [-0.2, -0.15) is 0 Å². The van der Waals surface area contributed by atoms with E-state index in [2.05, 4.69) is 28.1 Å². The minimum Gasteiger partial charge on any atom is -0.351 e. The van der Waals surface area contributed by atoms with Crippen LogP contribution in [0.2, 0.25) is 5.02 Å². The van der Waals surface area contributed by atoms with Crippen molar-refractivity contribution in [3.05, 3.63) is 64.9 Å². The van der Waals surface area contributed by atoms with Crippen LogP contribution in [-0.4, -0.2) is 17.3 Å². The summed E-state index contributed by atoms with van der Waals surface area (Å²) in [4.78, 5) is 7.99. The van der Waals surface area contributed by atoms with E-state index in [0.29, 0.717) is 15.9 Å². The van der Waals surface area contributed by atoms with Crippen LogP contribution in [0.3, 0.4) is 0 Å². The van der Waals surface area contributed by atoms with Gasteiger partial charge < -0.3 is 4.90 Å². The zero-order valence-corrected chi connectivity index (χ0v) is 13.9. The Bertz CT molecular complexity index is 884. The topological polar surface area (TPSA) is 16.1 Å². The van der Waals surface area contributed by atoms with Crippen molar-refractivity contribution < 1.29 is 4.39 Å². The molecular weight excluding hydrogens is 331 g/mol. The van der Waals surface area contributed by atoms with Gasteiger partial charge in [-0.15, -0.1) is 11.8 Å². The highest BCUT2D eigenvalue weighted by molar-refractivity contribution is 7.99. The van der Waals surface area contributed by atoms with Crippen LogP contribution in [0.15, 0.2) is 53.4 Å². The third-order valence-corrected chi connectivity index (χ3v) is 5.41. The molecule has 0 spiro atoms. The minimum absolute atomic E-state index is 0.334. The quantitative estimate of drug-likeness (QED) is 0.608. The predicted octanol–water partition coefficient (Wildman–Crippen LogP) is 5.14. The van der Waals surface area contributed by atoms with E-state index in [1.165, 1.54) is 16.5 Å². The van der Waals surface area contributed by atoms with Crippen LogP contribution in [0, 0.1) is 5.82 Å². The van der Waals surface area contributed by atoms with E-state index >= 15 is 0 Å². The number of anilines is 1. The zero-order valence-electron chi connectivity index (χ0n) is 12.3. The fourth-order valence-corrected chi connectivity index (χ4v) is 4.12. The van der Waals surface area contributed by atoms with E-state index in [-0.39, 0.29) is 5.82 Å². The lowest BCUT2D eigenvalue weighted by Gasteiger charge is -2.22. The first-order valence-corrected chi connectivity index (χ1v) is 8.79. The smallest absolute Gasteiger partial charge is 0.149 e. The van der Waals surface area contributed by atoms with Gasteiger partial charge in [-0.25, -0.2) is 9.37 Å². The molecule has 2 heterocycles. The molecule has 1 aliphatic rings. The molecule has 23 heavy (non-hydrogen) atoms. The molecule has 2 nitrogen and oxygen atoms in total. The first-order valence-electron chi connectivity index (χ1n) is 7.43. The Morgan fingerprint density at radius 1 is 1.13 bits per heavy atom. The number of hydrogen-bond donors (Lipinski definition) is 0. The number of pyridine rings is 1. The number of rotatable bonds is 1. The molecule has 0 unspecified atom stereocenters. The minimum atomic E-state index is -0.337. The summed E-state index contributed by atoms with van der Waals surface area (Å²) in [6, 6.07) is 15.1. The van der Waals surface area contributed by atoms with Gasteiger partial charge in [0.15, 0.2) is 0 Å². The van der Waals surface area contributed by atoms with Crippen LogP contribution in [0.4, 0.5) is 10.2 Å². The van der Waals surface area contributed by atoms with Gasteiger partial charge in [0.2, 0.25) is 0 Å². The molecule has 0 aliphatic carbocycles. The maximum atomic E-state index is 14.1. The molecule has 0 N–H and O–H groups in total. The highest BCUT2D eigenvalue weighted by Gasteiger charge is 2.18. The van der Waals surface area contributed by atoms with Gasteiger partial charge in [0.1, 0.15) is 17.2 Å². The van der Waals surface area contributed by atoms with Gasteiger partial charge in [-0.3, -0.25) is 0 Å². The lowest BCUT2D eigenvalue weighted by atomic mass is 10.2. The Balaban J connectivity index is 1.79. The van der Waals surface area contributed by atoms with Crippen LogP contribution in [0.1, 0.15) is 5.56 Å². The normalized spacial score (nSPS) is 14.6. The lowest BCUT2D eigenvalue weighted by Crippen LogP contribution is -2.25. The number of halogens is 2. The van der Waals surface area contributed by atoms with Crippen molar-refractivity contribution in [2.75, 3.05) is 17.2 Å². The summed E-state index contributed by atoms with van der Waals surface area (Å²) in [5.74, 6) is 1.35. The average molecular weight is 345 g/mol. The molecule has 5 heteroatoms. The SMILES string of the molecule is Fc1cccc2c(Cl)cc(N3CCSc4ccccc4C3)nc12. The highest BCUT2D eigenvalue weighted by atomic mass is 35.5. The first-order chi connectivity index (χ1) is 11.2. The average Bonchev–Trinajstić information content (AvgIpc) is 2.78. The van der Waals surface area contributed by atoms with Crippen molar-refractivity contribution >= 4 is 40.1 Å². The molecule has 1 aliphatic heterocycles. The molecule has 3 aromatic rings.